The molecule has 1 N–H and O–H groups in total. The van der Waals surface area contributed by atoms with Gasteiger partial charge in [0.1, 0.15) is 0 Å². The minimum absolute atomic E-state index is 0.00524. The Balaban J connectivity index is 1.36. The number of furan rings is 1. The lowest BCUT2D eigenvalue weighted by molar-refractivity contribution is -0.121. The molecule has 6 heteroatoms. The smallest absolute Gasteiger partial charge is 0.289 e. The van der Waals surface area contributed by atoms with Crippen molar-refractivity contribution in [3.63, 3.8) is 0 Å². The van der Waals surface area contributed by atoms with Crippen LogP contribution in [-0.4, -0.2) is 36.9 Å². The van der Waals surface area contributed by atoms with Gasteiger partial charge >= 0.3 is 0 Å². The minimum Gasteiger partial charge on any atom is -0.459 e. The van der Waals surface area contributed by atoms with Crippen LogP contribution in [0.2, 0.25) is 0 Å². The Labute approximate surface area is 182 Å². The summed E-state index contributed by atoms with van der Waals surface area (Å²) in [5.74, 6) is 0.119. The molecule has 31 heavy (non-hydrogen) atoms. The van der Waals surface area contributed by atoms with Gasteiger partial charge in [-0.3, -0.25) is 9.59 Å². The van der Waals surface area contributed by atoms with Crippen molar-refractivity contribution in [3.8, 4) is 0 Å². The topological polar surface area (TPSA) is 65.8 Å². The van der Waals surface area contributed by atoms with E-state index in [-0.39, 0.29) is 17.7 Å². The lowest BCUT2D eigenvalue weighted by Gasteiger charge is -2.31. The minimum atomic E-state index is -0.117. The third-order valence-corrected chi connectivity index (χ3v) is 5.72. The number of benzene rings is 2. The molecule has 0 spiro atoms. The first kappa shape index (κ1) is 20.7. The molecular formula is C25H27N3O3. The number of para-hydroxylation sites is 2. The van der Waals surface area contributed by atoms with Crippen LogP contribution in [0.1, 0.15) is 29.0 Å². The first-order chi connectivity index (χ1) is 15.1. The fourth-order valence-corrected chi connectivity index (χ4v) is 3.99. The molecule has 2 aromatic carbocycles. The van der Waals surface area contributed by atoms with Crippen LogP contribution in [0.3, 0.4) is 0 Å². The van der Waals surface area contributed by atoms with Crippen LogP contribution in [0.4, 0.5) is 11.4 Å². The molecular weight excluding hydrogens is 390 g/mol. The van der Waals surface area contributed by atoms with Gasteiger partial charge in [0, 0.05) is 32.6 Å². The number of piperidine rings is 1. The van der Waals surface area contributed by atoms with E-state index in [9.17, 15) is 9.59 Å². The van der Waals surface area contributed by atoms with Crippen LogP contribution in [0, 0.1) is 5.92 Å². The Kier molecular flexibility index (Phi) is 6.36. The van der Waals surface area contributed by atoms with Crippen molar-refractivity contribution in [2.24, 2.45) is 5.92 Å². The van der Waals surface area contributed by atoms with E-state index in [1.54, 1.807) is 17.0 Å². The molecule has 0 radical (unpaired) electrons. The predicted molar refractivity (Wildman–Crippen MR) is 121 cm³/mol. The summed E-state index contributed by atoms with van der Waals surface area (Å²) >= 11 is 0. The van der Waals surface area contributed by atoms with Crippen molar-refractivity contribution in [1.29, 1.82) is 0 Å². The fraction of sp³-hybridized carbons (Fsp3) is 0.280. The van der Waals surface area contributed by atoms with E-state index in [2.05, 4.69) is 22.3 Å². The SMILES string of the molecule is CN(Cc1ccccc1)c1ccccc1NC(=O)C1CCN(C(=O)c2ccco2)CC1. The van der Waals surface area contributed by atoms with Crippen molar-refractivity contribution in [1.82, 2.24) is 4.90 Å². The second-order valence-electron chi connectivity index (χ2n) is 7.89. The van der Waals surface area contributed by atoms with Crippen molar-refractivity contribution in [2.75, 3.05) is 30.4 Å². The van der Waals surface area contributed by atoms with Crippen LogP contribution in [0.25, 0.3) is 0 Å². The van der Waals surface area contributed by atoms with Crippen molar-refractivity contribution in [3.05, 3.63) is 84.3 Å². The summed E-state index contributed by atoms with van der Waals surface area (Å²) in [4.78, 5) is 29.3. The lowest BCUT2D eigenvalue weighted by Crippen LogP contribution is -2.41. The largest absolute Gasteiger partial charge is 0.459 e. The summed E-state index contributed by atoms with van der Waals surface area (Å²) in [7, 11) is 2.02. The average molecular weight is 418 g/mol. The maximum Gasteiger partial charge on any atom is 0.289 e. The number of hydrogen-bond acceptors (Lipinski definition) is 4. The van der Waals surface area contributed by atoms with Gasteiger partial charge in [0.25, 0.3) is 5.91 Å². The molecule has 1 aliphatic rings. The number of hydrogen-bond donors (Lipinski definition) is 1. The summed E-state index contributed by atoms with van der Waals surface area (Å²) in [6.07, 6.45) is 2.78. The monoisotopic (exact) mass is 417 g/mol. The molecule has 160 valence electrons. The van der Waals surface area contributed by atoms with Crippen LogP contribution in [0.15, 0.2) is 77.4 Å². The summed E-state index contributed by atoms with van der Waals surface area (Å²) in [6.45, 7) is 1.85. The number of carbonyl (C=O) groups is 2. The molecule has 0 atom stereocenters. The fourth-order valence-electron chi connectivity index (χ4n) is 3.99. The molecule has 0 aliphatic carbocycles. The van der Waals surface area contributed by atoms with Gasteiger partial charge < -0.3 is 19.5 Å². The normalized spacial score (nSPS) is 14.3. The first-order valence-electron chi connectivity index (χ1n) is 10.6. The van der Waals surface area contributed by atoms with E-state index in [0.29, 0.717) is 31.7 Å². The van der Waals surface area contributed by atoms with E-state index in [0.717, 1.165) is 17.9 Å². The molecule has 0 bridgehead atoms. The summed E-state index contributed by atoms with van der Waals surface area (Å²) in [6, 6.07) is 21.5. The Morgan fingerprint density at radius 2 is 1.71 bits per heavy atom. The quantitative estimate of drug-likeness (QED) is 0.645. The van der Waals surface area contributed by atoms with Crippen LogP contribution < -0.4 is 10.2 Å². The third kappa shape index (κ3) is 4.97. The number of anilines is 2. The van der Waals surface area contributed by atoms with Crippen LogP contribution in [0.5, 0.6) is 0 Å². The zero-order chi connectivity index (χ0) is 21.6. The summed E-state index contributed by atoms with van der Waals surface area (Å²) < 4.78 is 5.20. The predicted octanol–water partition coefficient (Wildman–Crippen LogP) is 4.41. The van der Waals surface area contributed by atoms with Gasteiger partial charge in [0.05, 0.1) is 17.6 Å². The van der Waals surface area contributed by atoms with E-state index >= 15 is 0 Å². The van der Waals surface area contributed by atoms with E-state index < -0.39 is 0 Å². The number of rotatable bonds is 6. The van der Waals surface area contributed by atoms with Crippen molar-refractivity contribution >= 4 is 23.2 Å². The first-order valence-corrected chi connectivity index (χ1v) is 10.6. The molecule has 6 nitrogen and oxygen atoms in total. The highest BCUT2D eigenvalue weighted by molar-refractivity contribution is 5.96. The van der Waals surface area contributed by atoms with E-state index in [1.165, 1.54) is 11.8 Å². The molecule has 2 heterocycles. The molecule has 0 saturated carbocycles. The highest BCUT2D eigenvalue weighted by Crippen LogP contribution is 2.28. The lowest BCUT2D eigenvalue weighted by atomic mass is 9.95. The van der Waals surface area contributed by atoms with Gasteiger partial charge in [-0.2, -0.15) is 0 Å². The number of amides is 2. The molecule has 4 rings (SSSR count). The second kappa shape index (κ2) is 9.51. The number of nitrogens with one attached hydrogen (secondary N) is 1. The van der Waals surface area contributed by atoms with E-state index in [1.807, 2.05) is 49.5 Å². The molecule has 3 aromatic rings. The van der Waals surface area contributed by atoms with Gasteiger partial charge in [0.15, 0.2) is 5.76 Å². The molecule has 1 aliphatic heterocycles. The zero-order valence-electron chi connectivity index (χ0n) is 17.7. The van der Waals surface area contributed by atoms with Crippen molar-refractivity contribution < 1.29 is 14.0 Å². The van der Waals surface area contributed by atoms with Gasteiger partial charge in [-0.1, -0.05) is 42.5 Å². The molecule has 2 amide bonds. The second-order valence-corrected chi connectivity index (χ2v) is 7.89. The van der Waals surface area contributed by atoms with Crippen LogP contribution in [-0.2, 0) is 11.3 Å². The Morgan fingerprint density at radius 1 is 1.00 bits per heavy atom. The summed E-state index contributed by atoms with van der Waals surface area (Å²) in [5, 5.41) is 3.12. The summed E-state index contributed by atoms with van der Waals surface area (Å²) in [5.41, 5.74) is 2.99. The molecule has 0 unspecified atom stereocenters. The van der Waals surface area contributed by atoms with Gasteiger partial charge in [-0.25, -0.2) is 0 Å². The van der Waals surface area contributed by atoms with Gasteiger partial charge in [-0.15, -0.1) is 0 Å². The maximum absolute atomic E-state index is 13.0. The Hall–Kier alpha value is -3.54. The average Bonchev–Trinajstić information content (AvgIpc) is 3.35. The molecule has 1 aromatic heterocycles. The standard InChI is InChI=1S/C25H27N3O3/c1-27(18-19-8-3-2-4-9-19)22-11-6-5-10-21(22)26-24(29)20-13-15-28(16-14-20)25(30)23-12-7-17-31-23/h2-12,17,20H,13-16,18H2,1H3,(H,26,29). The van der Waals surface area contributed by atoms with Crippen molar-refractivity contribution in [2.45, 2.75) is 19.4 Å². The Bertz CT molecular complexity index is 1010. The Morgan fingerprint density at radius 3 is 2.42 bits per heavy atom. The highest BCUT2D eigenvalue weighted by Gasteiger charge is 2.29. The third-order valence-electron chi connectivity index (χ3n) is 5.72. The molecule has 1 fully saturated rings. The maximum atomic E-state index is 13.0. The molecule has 1 saturated heterocycles. The van der Waals surface area contributed by atoms with E-state index in [4.69, 9.17) is 4.42 Å². The zero-order valence-corrected chi connectivity index (χ0v) is 17.7. The van der Waals surface area contributed by atoms with Gasteiger partial charge in [0.2, 0.25) is 5.91 Å². The highest BCUT2D eigenvalue weighted by atomic mass is 16.3. The van der Waals surface area contributed by atoms with Gasteiger partial charge in [-0.05, 0) is 42.7 Å². The number of nitrogens with zero attached hydrogens (tertiary/aromatic N) is 2. The number of carbonyl (C=O) groups excluding carboxylic acids is 2. The van der Waals surface area contributed by atoms with Crippen LogP contribution >= 0.6 is 0 Å². The number of likely N-dealkylation sites (tertiary alicyclic amines) is 1.